The van der Waals surface area contributed by atoms with Gasteiger partial charge >= 0.3 is 0 Å². The molecule has 36 heavy (non-hydrogen) atoms. The van der Waals surface area contributed by atoms with Crippen LogP contribution in [0.3, 0.4) is 0 Å². The van der Waals surface area contributed by atoms with E-state index in [4.69, 9.17) is 4.74 Å². The largest absolute Gasteiger partial charge is 0.507 e. The summed E-state index contributed by atoms with van der Waals surface area (Å²) in [6.07, 6.45) is 3.40. The average molecular weight is 498 g/mol. The summed E-state index contributed by atoms with van der Waals surface area (Å²) in [5, 5.41) is 14.6. The summed E-state index contributed by atoms with van der Waals surface area (Å²) in [5.41, 5.74) is 1.09. The second-order valence-corrected chi connectivity index (χ2v) is 12.6. The van der Waals surface area contributed by atoms with Crippen molar-refractivity contribution >= 4 is 29.0 Å². The number of carbonyl (C=O) groups excluding carboxylic acids is 1. The predicted octanol–water partition coefficient (Wildman–Crippen LogP) is 6.31. The molecule has 0 aliphatic heterocycles. The Hall–Kier alpha value is -3.42. The first-order valence-corrected chi connectivity index (χ1v) is 14.6. The Balaban J connectivity index is 1.64. The number of phenols is 1. The van der Waals surface area contributed by atoms with Crippen molar-refractivity contribution in [1.29, 1.82) is 0 Å². The number of rotatable bonds is 11. The maximum absolute atomic E-state index is 12.1. The van der Waals surface area contributed by atoms with E-state index in [2.05, 4.69) is 97.9 Å². The molecule has 4 heteroatoms. The zero-order valence-electron chi connectivity index (χ0n) is 21.1. The molecule has 0 saturated heterocycles. The SMILES string of the molecule is CCCc1cc(OCCC[P+](c2ccccc2)(c2ccccc2)c2ccccc2)cc(C(C)=O)c1O. The monoisotopic (exact) mass is 497 g/mol. The summed E-state index contributed by atoms with van der Waals surface area (Å²) in [5.74, 6) is 0.570. The fourth-order valence-corrected chi connectivity index (χ4v) is 9.17. The van der Waals surface area contributed by atoms with E-state index < -0.39 is 7.26 Å². The minimum Gasteiger partial charge on any atom is -0.507 e. The zero-order chi connectivity index (χ0) is 25.4. The lowest BCUT2D eigenvalue weighted by Crippen LogP contribution is -2.33. The van der Waals surface area contributed by atoms with Gasteiger partial charge in [-0.15, -0.1) is 0 Å². The van der Waals surface area contributed by atoms with Crippen molar-refractivity contribution in [2.75, 3.05) is 12.8 Å². The molecule has 0 spiro atoms. The smallest absolute Gasteiger partial charge is 0.163 e. The van der Waals surface area contributed by atoms with Gasteiger partial charge in [-0.25, -0.2) is 0 Å². The number of ether oxygens (including phenoxy) is 1. The number of aryl methyl sites for hydroxylation is 1. The van der Waals surface area contributed by atoms with Gasteiger partial charge in [0.25, 0.3) is 0 Å². The molecule has 1 N–H and O–H groups in total. The number of benzene rings is 4. The van der Waals surface area contributed by atoms with Crippen molar-refractivity contribution < 1.29 is 14.6 Å². The highest BCUT2D eigenvalue weighted by Gasteiger charge is 2.44. The Morgan fingerprint density at radius 1 is 0.806 bits per heavy atom. The van der Waals surface area contributed by atoms with Gasteiger partial charge < -0.3 is 9.84 Å². The van der Waals surface area contributed by atoms with Crippen LogP contribution in [-0.2, 0) is 6.42 Å². The quantitative estimate of drug-likeness (QED) is 0.150. The predicted molar refractivity (Wildman–Crippen MR) is 152 cm³/mol. The van der Waals surface area contributed by atoms with Crippen LogP contribution in [0, 0.1) is 0 Å². The minimum absolute atomic E-state index is 0.0823. The normalized spacial score (nSPS) is 11.3. The van der Waals surface area contributed by atoms with Crippen molar-refractivity contribution in [3.63, 3.8) is 0 Å². The van der Waals surface area contributed by atoms with Crippen LogP contribution < -0.4 is 20.7 Å². The van der Waals surface area contributed by atoms with Gasteiger partial charge in [-0.3, -0.25) is 4.79 Å². The molecule has 4 aromatic carbocycles. The third kappa shape index (κ3) is 5.53. The van der Waals surface area contributed by atoms with Crippen LogP contribution in [0.5, 0.6) is 11.5 Å². The van der Waals surface area contributed by atoms with Crippen LogP contribution in [0.2, 0.25) is 0 Å². The van der Waals surface area contributed by atoms with E-state index in [-0.39, 0.29) is 11.5 Å². The molecule has 184 valence electrons. The van der Waals surface area contributed by atoms with E-state index in [1.165, 1.54) is 22.8 Å². The molecule has 3 nitrogen and oxygen atoms in total. The van der Waals surface area contributed by atoms with Crippen LogP contribution in [0.15, 0.2) is 103 Å². The first-order valence-electron chi connectivity index (χ1n) is 12.6. The highest BCUT2D eigenvalue weighted by atomic mass is 31.2. The van der Waals surface area contributed by atoms with E-state index in [0.717, 1.165) is 24.6 Å². The van der Waals surface area contributed by atoms with E-state index in [1.807, 2.05) is 6.07 Å². The van der Waals surface area contributed by atoms with Crippen molar-refractivity contribution in [2.24, 2.45) is 0 Å². The number of carbonyl (C=O) groups is 1. The number of Topliss-reactive ketones (excluding diaryl/α,β-unsaturated/α-hetero) is 1. The van der Waals surface area contributed by atoms with Gasteiger partial charge in [0.05, 0.1) is 18.3 Å². The van der Waals surface area contributed by atoms with Crippen molar-refractivity contribution in [2.45, 2.75) is 33.1 Å². The van der Waals surface area contributed by atoms with Crippen LogP contribution in [-0.4, -0.2) is 23.7 Å². The molecule has 0 unspecified atom stereocenters. The van der Waals surface area contributed by atoms with Gasteiger partial charge in [0.1, 0.15) is 34.7 Å². The lowest BCUT2D eigenvalue weighted by molar-refractivity contribution is 0.101. The summed E-state index contributed by atoms with van der Waals surface area (Å²) in [4.78, 5) is 12.1. The van der Waals surface area contributed by atoms with Crippen LogP contribution in [0.1, 0.15) is 42.6 Å². The summed E-state index contributed by atoms with van der Waals surface area (Å²) in [6, 6.07) is 36.0. The molecule has 0 heterocycles. The zero-order valence-corrected chi connectivity index (χ0v) is 22.0. The summed E-state index contributed by atoms with van der Waals surface area (Å²) in [7, 11) is -1.90. The van der Waals surface area contributed by atoms with E-state index in [1.54, 1.807) is 6.07 Å². The standard InChI is InChI=1S/C32H33O3P/c1-3-14-26-23-27(24-31(25(2)33)32(26)34)35-21-13-22-36(28-15-7-4-8-16-28,29-17-9-5-10-18-29)30-19-11-6-12-20-30/h4-12,15-20,23-24H,3,13-14,21-22H2,1-2H3/p+1. The second-order valence-electron chi connectivity index (χ2n) is 9.03. The lowest BCUT2D eigenvalue weighted by Gasteiger charge is -2.27. The molecular formula is C32H34O3P+. The number of hydrogen-bond donors (Lipinski definition) is 1. The Bertz CT molecular complexity index is 1170. The van der Waals surface area contributed by atoms with Gasteiger partial charge in [-0.1, -0.05) is 67.9 Å². The molecule has 0 aromatic heterocycles. The molecule has 0 aliphatic carbocycles. The Morgan fingerprint density at radius 3 is 1.75 bits per heavy atom. The van der Waals surface area contributed by atoms with E-state index in [9.17, 15) is 9.90 Å². The number of hydrogen-bond acceptors (Lipinski definition) is 3. The molecule has 0 atom stereocenters. The molecule has 0 amide bonds. The highest BCUT2D eigenvalue weighted by Crippen LogP contribution is 2.55. The molecule has 0 fully saturated rings. The van der Waals surface area contributed by atoms with Crippen LogP contribution in [0.25, 0.3) is 0 Å². The van der Waals surface area contributed by atoms with E-state index >= 15 is 0 Å². The number of phenolic OH excluding ortho intramolecular Hbond substituents is 1. The van der Waals surface area contributed by atoms with Gasteiger partial charge in [-0.2, -0.15) is 0 Å². The molecular weight excluding hydrogens is 463 g/mol. The summed E-state index contributed by atoms with van der Waals surface area (Å²) in [6.45, 7) is 4.06. The first-order chi connectivity index (χ1) is 17.6. The fourth-order valence-electron chi connectivity index (χ4n) is 4.85. The topological polar surface area (TPSA) is 46.5 Å². The summed E-state index contributed by atoms with van der Waals surface area (Å²) < 4.78 is 6.20. The highest BCUT2D eigenvalue weighted by molar-refractivity contribution is 7.95. The molecule has 0 radical (unpaired) electrons. The van der Waals surface area contributed by atoms with Crippen LogP contribution in [0.4, 0.5) is 0 Å². The molecule has 4 aromatic rings. The third-order valence-corrected chi connectivity index (χ3v) is 11.1. The van der Waals surface area contributed by atoms with Gasteiger partial charge in [0, 0.05) is 6.42 Å². The van der Waals surface area contributed by atoms with Crippen molar-refractivity contribution in [3.05, 3.63) is 114 Å². The van der Waals surface area contributed by atoms with Gasteiger partial charge in [-0.05, 0) is 67.4 Å². The van der Waals surface area contributed by atoms with Gasteiger partial charge in [0.2, 0.25) is 0 Å². The lowest BCUT2D eigenvalue weighted by atomic mass is 10.0. The van der Waals surface area contributed by atoms with E-state index in [0.29, 0.717) is 24.3 Å². The fraction of sp³-hybridized carbons (Fsp3) is 0.219. The Kier molecular flexibility index (Phi) is 8.57. The third-order valence-electron chi connectivity index (χ3n) is 6.56. The maximum atomic E-state index is 12.1. The first kappa shape index (κ1) is 25.7. The molecule has 4 rings (SSSR count). The molecule has 0 saturated carbocycles. The number of aromatic hydroxyl groups is 1. The second kappa shape index (κ2) is 12.0. The van der Waals surface area contributed by atoms with Crippen LogP contribution >= 0.6 is 7.26 Å². The average Bonchev–Trinajstić information content (AvgIpc) is 2.92. The minimum atomic E-state index is -1.90. The Morgan fingerprint density at radius 2 is 1.31 bits per heavy atom. The molecule has 0 bridgehead atoms. The van der Waals surface area contributed by atoms with Crippen molar-refractivity contribution in [1.82, 2.24) is 0 Å². The Labute approximate surface area is 215 Å². The van der Waals surface area contributed by atoms with Crippen molar-refractivity contribution in [3.8, 4) is 11.5 Å². The molecule has 0 aliphatic rings. The number of ketones is 1. The maximum Gasteiger partial charge on any atom is 0.163 e. The van der Waals surface area contributed by atoms with Gasteiger partial charge in [0.15, 0.2) is 5.78 Å². The summed E-state index contributed by atoms with van der Waals surface area (Å²) >= 11 is 0.